The van der Waals surface area contributed by atoms with Gasteiger partial charge in [-0.2, -0.15) is 0 Å². The maximum Gasteiger partial charge on any atom is 0.268 e. The molecule has 5 heteroatoms. The Morgan fingerprint density at radius 2 is 2.00 bits per heavy atom. The molecule has 2 aromatic rings. The van der Waals surface area contributed by atoms with Gasteiger partial charge in [0.2, 0.25) is 0 Å². The second kappa shape index (κ2) is 8.23. The summed E-state index contributed by atoms with van der Waals surface area (Å²) in [5.41, 5.74) is 7.79. The van der Waals surface area contributed by atoms with Crippen LogP contribution in [0.25, 0.3) is 0 Å². The molecule has 0 fully saturated rings. The van der Waals surface area contributed by atoms with Crippen LogP contribution in [0.15, 0.2) is 48.5 Å². The molecular formula is C21H26N2O3. The molecule has 1 aliphatic rings. The Kier molecular flexibility index (Phi) is 5.78. The van der Waals surface area contributed by atoms with Gasteiger partial charge in [-0.3, -0.25) is 4.79 Å². The van der Waals surface area contributed by atoms with Crippen molar-refractivity contribution in [3.05, 3.63) is 54.1 Å². The highest BCUT2D eigenvalue weighted by atomic mass is 16.5. The van der Waals surface area contributed by atoms with E-state index >= 15 is 0 Å². The van der Waals surface area contributed by atoms with E-state index in [2.05, 4.69) is 0 Å². The molecule has 2 atom stereocenters. The molecular weight excluding hydrogens is 328 g/mol. The SMILES string of the molecule is CCC1Oc2ccc(C(C)N)cc2N(CCCOc2ccccc2)C1=O. The van der Waals surface area contributed by atoms with Crippen molar-refractivity contribution < 1.29 is 14.3 Å². The molecule has 0 saturated heterocycles. The van der Waals surface area contributed by atoms with Gasteiger partial charge in [0.15, 0.2) is 6.10 Å². The molecule has 1 aliphatic heterocycles. The summed E-state index contributed by atoms with van der Waals surface area (Å²) in [6.45, 7) is 5.02. The van der Waals surface area contributed by atoms with Crippen LogP contribution in [0, 0.1) is 0 Å². The highest BCUT2D eigenvalue weighted by Crippen LogP contribution is 2.36. The number of amides is 1. The van der Waals surface area contributed by atoms with E-state index in [1.165, 1.54) is 0 Å². The van der Waals surface area contributed by atoms with E-state index in [1.54, 1.807) is 0 Å². The summed E-state index contributed by atoms with van der Waals surface area (Å²) < 4.78 is 11.6. The third kappa shape index (κ3) is 3.99. The van der Waals surface area contributed by atoms with Gasteiger partial charge in [-0.05, 0) is 49.6 Å². The van der Waals surface area contributed by atoms with Crippen LogP contribution in [0.3, 0.4) is 0 Å². The van der Waals surface area contributed by atoms with Crippen molar-refractivity contribution in [1.82, 2.24) is 0 Å². The van der Waals surface area contributed by atoms with Gasteiger partial charge in [0, 0.05) is 12.6 Å². The van der Waals surface area contributed by atoms with Gasteiger partial charge in [-0.1, -0.05) is 31.2 Å². The van der Waals surface area contributed by atoms with Gasteiger partial charge in [0.1, 0.15) is 11.5 Å². The van der Waals surface area contributed by atoms with Crippen LogP contribution in [0.4, 0.5) is 5.69 Å². The fourth-order valence-electron chi connectivity index (χ4n) is 3.04. The molecule has 5 nitrogen and oxygen atoms in total. The van der Waals surface area contributed by atoms with Gasteiger partial charge in [-0.15, -0.1) is 0 Å². The lowest BCUT2D eigenvalue weighted by Crippen LogP contribution is -2.46. The van der Waals surface area contributed by atoms with Crippen LogP contribution >= 0.6 is 0 Å². The Hall–Kier alpha value is -2.53. The van der Waals surface area contributed by atoms with Crippen molar-refractivity contribution in [2.75, 3.05) is 18.1 Å². The average Bonchev–Trinajstić information content (AvgIpc) is 2.66. The highest BCUT2D eigenvalue weighted by Gasteiger charge is 2.33. The zero-order chi connectivity index (χ0) is 18.5. The third-order valence-electron chi connectivity index (χ3n) is 4.52. The smallest absolute Gasteiger partial charge is 0.268 e. The lowest BCUT2D eigenvalue weighted by atomic mass is 10.0. The Morgan fingerprint density at radius 3 is 2.69 bits per heavy atom. The van der Waals surface area contributed by atoms with Crippen molar-refractivity contribution in [3.8, 4) is 11.5 Å². The normalized spacial score (nSPS) is 17.4. The summed E-state index contributed by atoms with van der Waals surface area (Å²) in [7, 11) is 0. The minimum atomic E-state index is -0.432. The van der Waals surface area contributed by atoms with Crippen molar-refractivity contribution in [2.24, 2.45) is 5.73 Å². The number of fused-ring (bicyclic) bond motifs is 1. The second-order valence-electron chi connectivity index (χ2n) is 6.54. The molecule has 2 aromatic carbocycles. The van der Waals surface area contributed by atoms with E-state index in [-0.39, 0.29) is 11.9 Å². The fourth-order valence-corrected chi connectivity index (χ4v) is 3.04. The van der Waals surface area contributed by atoms with E-state index in [0.717, 1.165) is 29.2 Å². The highest BCUT2D eigenvalue weighted by molar-refractivity contribution is 6.00. The minimum absolute atomic E-state index is 0.00142. The van der Waals surface area contributed by atoms with E-state index in [1.807, 2.05) is 67.3 Å². The van der Waals surface area contributed by atoms with E-state index in [4.69, 9.17) is 15.2 Å². The number of rotatable bonds is 7. The number of para-hydroxylation sites is 1. The number of nitrogens with two attached hydrogens (primary N) is 1. The van der Waals surface area contributed by atoms with Gasteiger partial charge in [0.05, 0.1) is 12.3 Å². The number of carbonyl (C=O) groups excluding carboxylic acids is 1. The Bertz CT molecular complexity index is 746. The molecule has 0 saturated carbocycles. The standard InChI is InChI=1S/C21H26N2O3/c1-3-19-21(24)23(12-7-13-25-17-8-5-4-6-9-17)18-14-16(15(2)22)10-11-20(18)26-19/h4-6,8-11,14-15,19H,3,7,12-13,22H2,1-2H3. The average molecular weight is 354 g/mol. The molecule has 1 amide bonds. The van der Waals surface area contributed by atoms with Crippen LogP contribution in [-0.4, -0.2) is 25.2 Å². The Morgan fingerprint density at radius 1 is 1.23 bits per heavy atom. The van der Waals surface area contributed by atoms with Gasteiger partial charge < -0.3 is 20.1 Å². The number of ether oxygens (including phenoxy) is 2. The van der Waals surface area contributed by atoms with Crippen LogP contribution in [-0.2, 0) is 4.79 Å². The molecule has 0 aromatic heterocycles. The summed E-state index contributed by atoms with van der Waals surface area (Å²) in [4.78, 5) is 14.6. The van der Waals surface area contributed by atoms with Gasteiger partial charge in [0.25, 0.3) is 5.91 Å². The third-order valence-corrected chi connectivity index (χ3v) is 4.52. The first-order chi connectivity index (χ1) is 12.6. The monoisotopic (exact) mass is 354 g/mol. The summed E-state index contributed by atoms with van der Waals surface area (Å²) in [5, 5.41) is 0. The molecule has 1 heterocycles. The molecule has 0 bridgehead atoms. The first-order valence-corrected chi connectivity index (χ1v) is 9.15. The van der Waals surface area contributed by atoms with Crippen molar-refractivity contribution in [1.29, 1.82) is 0 Å². The van der Waals surface area contributed by atoms with Crippen LogP contribution < -0.4 is 20.1 Å². The minimum Gasteiger partial charge on any atom is -0.494 e. The van der Waals surface area contributed by atoms with Crippen molar-refractivity contribution in [2.45, 2.75) is 38.8 Å². The number of nitrogens with zero attached hydrogens (tertiary/aromatic N) is 1. The van der Waals surface area contributed by atoms with E-state index in [0.29, 0.717) is 19.6 Å². The summed E-state index contributed by atoms with van der Waals surface area (Å²) >= 11 is 0. The zero-order valence-corrected chi connectivity index (χ0v) is 15.4. The summed E-state index contributed by atoms with van der Waals surface area (Å²) in [6, 6.07) is 15.4. The second-order valence-corrected chi connectivity index (χ2v) is 6.54. The van der Waals surface area contributed by atoms with Crippen LogP contribution in [0.1, 0.15) is 38.3 Å². The predicted molar refractivity (Wildman–Crippen MR) is 103 cm³/mol. The molecule has 138 valence electrons. The molecule has 0 aliphatic carbocycles. The lowest BCUT2D eigenvalue weighted by molar-refractivity contribution is -0.126. The number of anilines is 1. The molecule has 2 N–H and O–H groups in total. The number of benzene rings is 2. The molecule has 26 heavy (non-hydrogen) atoms. The predicted octanol–water partition coefficient (Wildman–Crippen LogP) is 3.68. The van der Waals surface area contributed by atoms with E-state index < -0.39 is 6.10 Å². The van der Waals surface area contributed by atoms with Crippen LogP contribution in [0.5, 0.6) is 11.5 Å². The number of carbonyl (C=O) groups is 1. The molecule has 0 radical (unpaired) electrons. The largest absolute Gasteiger partial charge is 0.494 e. The van der Waals surface area contributed by atoms with Crippen molar-refractivity contribution in [3.63, 3.8) is 0 Å². The Balaban J connectivity index is 1.72. The van der Waals surface area contributed by atoms with Gasteiger partial charge in [-0.25, -0.2) is 0 Å². The quantitative estimate of drug-likeness (QED) is 0.771. The molecule has 0 spiro atoms. The van der Waals surface area contributed by atoms with E-state index in [9.17, 15) is 4.79 Å². The number of hydrogen-bond donors (Lipinski definition) is 1. The topological polar surface area (TPSA) is 64.8 Å². The first kappa shape index (κ1) is 18.3. The lowest BCUT2D eigenvalue weighted by Gasteiger charge is -2.34. The Labute approximate surface area is 154 Å². The molecule has 2 unspecified atom stereocenters. The zero-order valence-electron chi connectivity index (χ0n) is 15.4. The van der Waals surface area contributed by atoms with Gasteiger partial charge >= 0.3 is 0 Å². The maximum atomic E-state index is 12.8. The van der Waals surface area contributed by atoms with Crippen LogP contribution in [0.2, 0.25) is 0 Å². The summed E-state index contributed by atoms with van der Waals surface area (Å²) in [6.07, 6.45) is 0.946. The fraction of sp³-hybridized carbons (Fsp3) is 0.381. The van der Waals surface area contributed by atoms with Crippen molar-refractivity contribution >= 4 is 11.6 Å². The number of hydrogen-bond acceptors (Lipinski definition) is 4. The summed E-state index contributed by atoms with van der Waals surface area (Å²) in [5.74, 6) is 1.58. The first-order valence-electron chi connectivity index (χ1n) is 9.15. The molecule has 3 rings (SSSR count). The maximum absolute atomic E-state index is 12.8.